The van der Waals surface area contributed by atoms with Crippen molar-refractivity contribution in [1.29, 1.82) is 0 Å². The van der Waals surface area contributed by atoms with E-state index in [1.807, 2.05) is 74.8 Å². The first kappa shape index (κ1) is 19.8. The number of benzene rings is 3. The molecule has 0 radical (unpaired) electrons. The summed E-state index contributed by atoms with van der Waals surface area (Å²) in [4.78, 5) is 18.8. The Bertz CT molecular complexity index is 1170. The van der Waals surface area contributed by atoms with Crippen LogP contribution in [-0.4, -0.2) is 41.5 Å². The summed E-state index contributed by atoms with van der Waals surface area (Å²) in [6.45, 7) is 0.162. The minimum absolute atomic E-state index is 0.110. The molecular formula is C24H24N4O2. The number of nitrogens with one attached hydrogen (secondary N) is 2. The second kappa shape index (κ2) is 8.49. The van der Waals surface area contributed by atoms with Gasteiger partial charge in [0, 0.05) is 22.1 Å². The minimum atomic E-state index is -0.121. The zero-order valence-corrected chi connectivity index (χ0v) is 17.0. The number of nitrogens with zero attached hydrogens (tertiary/aromatic N) is 2. The molecule has 0 bridgehead atoms. The van der Waals surface area contributed by atoms with Crippen LogP contribution in [0.4, 0.5) is 17.1 Å². The van der Waals surface area contributed by atoms with E-state index < -0.39 is 0 Å². The smallest absolute Gasteiger partial charge is 0.238 e. The lowest BCUT2D eigenvalue weighted by Crippen LogP contribution is -2.27. The second-order valence-electron chi connectivity index (χ2n) is 7.51. The van der Waals surface area contributed by atoms with Crippen LogP contribution in [0.2, 0.25) is 0 Å². The fourth-order valence-electron chi connectivity index (χ4n) is 3.53. The number of aromatic nitrogens is 1. The van der Waals surface area contributed by atoms with E-state index in [9.17, 15) is 9.90 Å². The Morgan fingerprint density at radius 3 is 2.13 bits per heavy atom. The Balaban J connectivity index is 1.77. The maximum absolute atomic E-state index is 12.2. The van der Waals surface area contributed by atoms with Crippen LogP contribution >= 0.6 is 0 Å². The van der Waals surface area contributed by atoms with Crippen molar-refractivity contribution >= 4 is 44.8 Å². The molecule has 0 aliphatic heterocycles. The fraction of sp³-hybridized carbons (Fsp3) is 0.167. The van der Waals surface area contributed by atoms with Crippen LogP contribution in [0, 0.1) is 0 Å². The summed E-state index contributed by atoms with van der Waals surface area (Å²) < 4.78 is 0. The highest BCUT2D eigenvalue weighted by molar-refractivity contribution is 6.08. The molecule has 0 saturated carbocycles. The van der Waals surface area contributed by atoms with Crippen molar-refractivity contribution in [3.63, 3.8) is 0 Å². The first-order valence-electron chi connectivity index (χ1n) is 9.77. The SMILES string of the molecule is CN(C)CC(=O)Nc1cc(CO)cc(Nc2c3ccccc3nc3ccccc23)c1. The Labute approximate surface area is 175 Å². The van der Waals surface area contributed by atoms with Crippen molar-refractivity contribution in [2.75, 3.05) is 31.3 Å². The number of anilines is 3. The molecule has 152 valence electrons. The number of rotatable bonds is 6. The molecule has 6 heteroatoms. The lowest BCUT2D eigenvalue weighted by molar-refractivity contribution is -0.116. The maximum Gasteiger partial charge on any atom is 0.238 e. The summed E-state index contributed by atoms with van der Waals surface area (Å²) in [5.74, 6) is -0.110. The van der Waals surface area contributed by atoms with Gasteiger partial charge in [0.25, 0.3) is 0 Å². The number of aliphatic hydroxyl groups is 1. The molecule has 0 saturated heterocycles. The van der Waals surface area contributed by atoms with Crippen molar-refractivity contribution < 1.29 is 9.90 Å². The molecule has 4 rings (SSSR count). The summed E-state index contributed by atoms with van der Waals surface area (Å²) >= 11 is 0. The highest BCUT2D eigenvalue weighted by Gasteiger charge is 2.11. The van der Waals surface area contributed by atoms with Crippen LogP contribution in [0.3, 0.4) is 0 Å². The van der Waals surface area contributed by atoms with Gasteiger partial charge in [0.2, 0.25) is 5.91 Å². The van der Waals surface area contributed by atoms with Crippen molar-refractivity contribution in [3.05, 3.63) is 72.3 Å². The predicted octanol–water partition coefficient (Wildman–Crippen LogP) is 4.12. The van der Waals surface area contributed by atoms with E-state index in [1.54, 1.807) is 11.0 Å². The monoisotopic (exact) mass is 400 g/mol. The van der Waals surface area contributed by atoms with Crippen molar-refractivity contribution in [2.24, 2.45) is 0 Å². The molecule has 30 heavy (non-hydrogen) atoms. The van der Waals surface area contributed by atoms with Crippen LogP contribution in [0.1, 0.15) is 5.56 Å². The normalized spacial score (nSPS) is 11.2. The van der Waals surface area contributed by atoms with Gasteiger partial charge in [0.1, 0.15) is 0 Å². The van der Waals surface area contributed by atoms with Gasteiger partial charge in [-0.05, 0) is 50.0 Å². The third-order valence-electron chi connectivity index (χ3n) is 4.78. The number of aliphatic hydroxyl groups excluding tert-OH is 1. The number of pyridine rings is 1. The first-order valence-corrected chi connectivity index (χ1v) is 9.77. The number of carbonyl (C=O) groups is 1. The molecule has 0 aliphatic rings. The van der Waals surface area contributed by atoms with Gasteiger partial charge >= 0.3 is 0 Å². The number of likely N-dealkylation sites (N-methyl/N-ethyl adjacent to an activating group) is 1. The quantitative estimate of drug-likeness (QED) is 0.424. The molecule has 1 heterocycles. The highest BCUT2D eigenvalue weighted by Crippen LogP contribution is 2.34. The van der Waals surface area contributed by atoms with Crippen molar-refractivity contribution in [2.45, 2.75) is 6.61 Å². The van der Waals surface area contributed by atoms with Gasteiger partial charge in [-0.1, -0.05) is 36.4 Å². The van der Waals surface area contributed by atoms with E-state index in [4.69, 9.17) is 4.98 Å². The van der Waals surface area contributed by atoms with Gasteiger partial charge in [-0.2, -0.15) is 0 Å². The second-order valence-corrected chi connectivity index (χ2v) is 7.51. The lowest BCUT2D eigenvalue weighted by Gasteiger charge is -2.16. The topological polar surface area (TPSA) is 77.5 Å². The molecule has 0 unspecified atom stereocenters. The molecule has 3 N–H and O–H groups in total. The third kappa shape index (κ3) is 4.25. The number of amides is 1. The average molecular weight is 400 g/mol. The fourth-order valence-corrected chi connectivity index (χ4v) is 3.53. The van der Waals surface area contributed by atoms with E-state index in [2.05, 4.69) is 10.6 Å². The van der Waals surface area contributed by atoms with Gasteiger partial charge in [-0.15, -0.1) is 0 Å². The number of para-hydroxylation sites is 2. The summed E-state index contributed by atoms with van der Waals surface area (Å²) in [6.07, 6.45) is 0. The Hall–Kier alpha value is -3.48. The predicted molar refractivity (Wildman–Crippen MR) is 122 cm³/mol. The Morgan fingerprint density at radius 2 is 1.53 bits per heavy atom. The minimum Gasteiger partial charge on any atom is -0.392 e. The molecule has 0 spiro atoms. The van der Waals surface area contributed by atoms with Gasteiger partial charge in [0.15, 0.2) is 0 Å². The number of hydrogen-bond donors (Lipinski definition) is 3. The number of carbonyl (C=O) groups excluding carboxylic acids is 1. The van der Waals surface area contributed by atoms with E-state index in [0.717, 1.165) is 33.2 Å². The number of fused-ring (bicyclic) bond motifs is 2. The van der Waals surface area contributed by atoms with E-state index in [1.165, 1.54) is 0 Å². The maximum atomic E-state index is 12.2. The third-order valence-corrected chi connectivity index (χ3v) is 4.78. The van der Waals surface area contributed by atoms with Gasteiger partial charge in [0.05, 0.1) is 29.9 Å². The summed E-state index contributed by atoms with van der Waals surface area (Å²) in [5, 5.41) is 18.1. The zero-order valence-electron chi connectivity index (χ0n) is 17.0. The van der Waals surface area contributed by atoms with E-state index >= 15 is 0 Å². The molecule has 6 nitrogen and oxygen atoms in total. The van der Waals surface area contributed by atoms with Gasteiger partial charge < -0.3 is 20.6 Å². The standard InChI is InChI=1S/C24H24N4O2/c1-28(2)14-23(30)25-17-11-16(15-29)12-18(13-17)26-24-19-7-3-5-9-21(19)27-22-10-6-4-8-20(22)24/h3-13,29H,14-15H2,1-2H3,(H,25,30)(H,26,27). The molecule has 0 aliphatic carbocycles. The number of hydrogen-bond acceptors (Lipinski definition) is 5. The van der Waals surface area contributed by atoms with Crippen LogP contribution in [0.15, 0.2) is 66.7 Å². The van der Waals surface area contributed by atoms with E-state index in [-0.39, 0.29) is 19.1 Å². The molecule has 0 fully saturated rings. The molecular weight excluding hydrogens is 376 g/mol. The van der Waals surface area contributed by atoms with Crippen LogP contribution in [-0.2, 0) is 11.4 Å². The van der Waals surface area contributed by atoms with Crippen molar-refractivity contribution in [1.82, 2.24) is 9.88 Å². The Morgan fingerprint density at radius 1 is 0.933 bits per heavy atom. The largest absolute Gasteiger partial charge is 0.392 e. The summed E-state index contributed by atoms with van der Waals surface area (Å²) in [6, 6.07) is 21.5. The average Bonchev–Trinajstić information content (AvgIpc) is 2.72. The van der Waals surface area contributed by atoms with Crippen LogP contribution in [0.25, 0.3) is 21.8 Å². The molecule has 1 aromatic heterocycles. The summed E-state index contributed by atoms with van der Waals surface area (Å²) in [7, 11) is 3.69. The summed E-state index contributed by atoms with van der Waals surface area (Å²) in [5.41, 5.74) is 4.87. The Kier molecular flexibility index (Phi) is 5.61. The van der Waals surface area contributed by atoms with E-state index in [0.29, 0.717) is 11.3 Å². The van der Waals surface area contributed by atoms with Crippen LogP contribution in [0.5, 0.6) is 0 Å². The van der Waals surface area contributed by atoms with Crippen molar-refractivity contribution in [3.8, 4) is 0 Å². The zero-order chi connectivity index (χ0) is 21.1. The first-order chi connectivity index (χ1) is 14.5. The molecule has 3 aromatic carbocycles. The van der Waals surface area contributed by atoms with Crippen LogP contribution < -0.4 is 10.6 Å². The van der Waals surface area contributed by atoms with Gasteiger partial charge in [-0.3, -0.25) is 4.79 Å². The molecule has 1 amide bonds. The van der Waals surface area contributed by atoms with Gasteiger partial charge in [-0.25, -0.2) is 4.98 Å². The lowest BCUT2D eigenvalue weighted by atomic mass is 10.1. The molecule has 4 aromatic rings. The molecule has 0 atom stereocenters. The highest BCUT2D eigenvalue weighted by atomic mass is 16.3.